The van der Waals surface area contributed by atoms with Gasteiger partial charge < -0.3 is 10.2 Å². The molecule has 0 radical (unpaired) electrons. The number of halogens is 1. The molecule has 136 valence electrons. The lowest BCUT2D eigenvalue weighted by atomic mass is 10.0. The van der Waals surface area contributed by atoms with E-state index in [2.05, 4.69) is 33.4 Å². The highest BCUT2D eigenvalue weighted by molar-refractivity contribution is 9.10. The predicted molar refractivity (Wildman–Crippen MR) is 107 cm³/mol. The lowest BCUT2D eigenvalue weighted by molar-refractivity contribution is -0.126. The molecule has 0 spiro atoms. The van der Waals surface area contributed by atoms with Gasteiger partial charge in [0.1, 0.15) is 0 Å². The average molecular weight is 415 g/mol. The molecule has 1 saturated heterocycles. The summed E-state index contributed by atoms with van der Waals surface area (Å²) in [5, 5.41) is 3.07. The van der Waals surface area contributed by atoms with Gasteiger partial charge >= 0.3 is 0 Å². The van der Waals surface area contributed by atoms with E-state index < -0.39 is 0 Å². The van der Waals surface area contributed by atoms with Crippen LogP contribution < -0.4 is 10.2 Å². The van der Waals surface area contributed by atoms with Gasteiger partial charge in [-0.1, -0.05) is 42.5 Å². The Morgan fingerprint density at radius 2 is 1.88 bits per heavy atom. The highest BCUT2D eigenvalue weighted by Gasteiger charge is 2.36. The number of carbonyl (C=O) groups is 2. The van der Waals surface area contributed by atoms with Crippen molar-refractivity contribution in [1.29, 1.82) is 0 Å². The van der Waals surface area contributed by atoms with Gasteiger partial charge in [0.2, 0.25) is 11.8 Å². The lowest BCUT2D eigenvalue weighted by Gasteiger charge is -2.19. The molecule has 0 saturated carbocycles. The van der Waals surface area contributed by atoms with Crippen LogP contribution in [-0.4, -0.2) is 24.4 Å². The minimum absolute atomic E-state index is 0.00557. The molecule has 1 aliphatic heterocycles. The summed E-state index contributed by atoms with van der Waals surface area (Å²) < 4.78 is 0.866. The van der Waals surface area contributed by atoms with Crippen molar-refractivity contribution in [1.82, 2.24) is 5.32 Å². The zero-order valence-electron chi connectivity index (χ0n) is 14.8. The molecule has 0 aromatic heterocycles. The first kappa shape index (κ1) is 18.6. The Morgan fingerprint density at radius 3 is 2.62 bits per heavy atom. The average Bonchev–Trinajstić information content (AvgIpc) is 3.03. The maximum atomic E-state index is 12.6. The molecule has 2 aromatic rings. The number of hydrogen-bond donors (Lipinski definition) is 1. The van der Waals surface area contributed by atoms with Crippen molar-refractivity contribution in [3.05, 3.63) is 64.6 Å². The number of nitrogens with one attached hydrogen (secondary N) is 1. The minimum atomic E-state index is -0.297. The third-order valence-corrected chi connectivity index (χ3v) is 5.41. The van der Waals surface area contributed by atoms with E-state index in [1.54, 1.807) is 4.90 Å². The predicted octanol–water partition coefficient (Wildman–Crippen LogP) is 3.94. The van der Waals surface area contributed by atoms with E-state index >= 15 is 0 Å². The van der Waals surface area contributed by atoms with Gasteiger partial charge in [-0.3, -0.25) is 9.59 Å². The fraction of sp³-hybridized carbons (Fsp3) is 0.333. The summed E-state index contributed by atoms with van der Waals surface area (Å²) in [6.07, 6.45) is 2.07. The minimum Gasteiger partial charge on any atom is -0.353 e. The van der Waals surface area contributed by atoms with Crippen molar-refractivity contribution in [3.63, 3.8) is 0 Å². The number of rotatable bonds is 6. The number of aryl methyl sites for hydroxylation is 1. The van der Waals surface area contributed by atoms with Crippen LogP contribution in [0.1, 0.15) is 25.3 Å². The topological polar surface area (TPSA) is 49.4 Å². The number of benzene rings is 2. The summed E-state index contributed by atoms with van der Waals surface area (Å²) in [5.41, 5.74) is 2.09. The highest BCUT2D eigenvalue weighted by atomic mass is 79.9. The molecular weight excluding hydrogens is 392 g/mol. The second-order valence-corrected chi connectivity index (χ2v) is 7.65. The molecule has 2 amide bonds. The molecule has 2 aromatic carbocycles. The van der Waals surface area contributed by atoms with Gasteiger partial charge in [0.15, 0.2) is 0 Å². The van der Waals surface area contributed by atoms with E-state index in [-0.39, 0.29) is 30.2 Å². The van der Waals surface area contributed by atoms with Crippen molar-refractivity contribution in [2.75, 3.05) is 11.4 Å². The van der Waals surface area contributed by atoms with Crippen LogP contribution in [-0.2, 0) is 16.0 Å². The Labute approximate surface area is 162 Å². The van der Waals surface area contributed by atoms with E-state index in [1.807, 2.05) is 49.4 Å². The van der Waals surface area contributed by atoms with E-state index in [1.165, 1.54) is 5.56 Å². The number of carbonyl (C=O) groups excluding carboxylic acids is 2. The Kier molecular flexibility index (Phi) is 6.09. The molecule has 5 heteroatoms. The van der Waals surface area contributed by atoms with Gasteiger partial charge in [-0.05, 0) is 53.4 Å². The molecule has 3 rings (SSSR count). The van der Waals surface area contributed by atoms with Crippen LogP contribution >= 0.6 is 15.9 Å². The Balaban J connectivity index is 1.54. The summed E-state index contributed by atoms with van der Waals surface area (Å²) in [6, 6.07) is 17.9. The second-order valence-electron chi connectivity index (χ2n) is 6.79. The van der Waals surface area contributed by atoms with Crippen molar-refractivity contribution < 1.29 is 9.59 Å². The summed E-state index contributed by atoms with van der Waals surface area (Å²) in [7, 11) is 0. The standard InChI is InChI=1S/C21H23BrN2O2/c1-15(11-12-16-7-3-2-4-8-16)23-21(26)17-13-20(25)24(14-17)19-10-6-5-9-18(19)22/h2-10,15,17H,11-14H2,1H3,(H,23,26). The van der Waals surface area contributed by atoms with Crippen molar-refractivity contribution in [2.24, 2.45) is 5.92 Å². The first-order valence-electron chi connectivity index (χ1n) is 8.94. The smallest absolute Gasteiger partial charge is 0.227 e. The van der Waals surface area contributed by atoms with Gasteiger partial charge in [0.05, 0.1) is 11.6 Å². The molecule has 1 heterocycles. The van der Waals surface area contributed by atoms with Crippen LogP contribution in [0.25, 0.3) is 0 Å². The van der Waals surface area contributed by atoms with Gasteiger partial charge in [-0.2, -0.15) is 0 Å². The van der Waals surface area contributed by atoms with Crippen LogP contribution in [0.4, 0.5) is 5.69 Å². The zero-order chi connectivity index (χ0) is 18.5. The van der Waals surface area contributed by atoms with Crippen molar-refractivity contribution >= 4 is 33.4 Å². The molecule has 4 nitrogen and oxygen atoms in total. The third kappa shape index (κ3) is 4.52. The van der Waals surface area contributed by atoms with Crippen LogP contribution in [0.3, 0.4) is 0 Å². The lowest BCUT2D eigenvalue weighted by Crippen LogP contribution is -2.38. The normalized spacial score (nSPS) is 18.0. The summed E-state index contributed by atoms with van der Waals surface area (Å²) in [4.78, 5) is 26.6. The number of hydrogen-bond acceptors (Lipinski definition) is 2. The van der Waals surface area contributed by atoms with E-state index in [0.29, 0.717) is 6.54 Å². The molecule has 1 N–H and O–H groups in total. The number of amides is 2. The number of anilines is 1. The zero-order valence-corrected chi connectivity index (χ0v) is 16.4. The Bertz CT molecular complexity index is 779. The van der Waals surface area contributed by atoms with Crippen LogP contribution in [0.5, 0.6) is 0 Å². The number of nitrogens with zero attached hydrogens (tertiary/aromatic N) is 1. The first-order valence-corrected chi connectivity index (χ1v) is 9.73. The molecule has 26 heavy (non-hydrogen) atoms. The molecule has 1 fully saturated rings. The van der Waals surface area contributed by atoms with Crippen molar-refractivity contribution in [3.8, 4) is 0 Å². The maximum Gasteiger partial charge on any atom is 0.227 e. The fourth-order valence-electron chi connectivity index (χ4n) is 3.25. The molecule has 0 aliphatic carbocycles. The van der Waals surface area contributed by atoms with Crippen LogP contribution in [0.15, 0.2) is 59.1 Å². The van der Waals surface area contributed by atoms with Crippen LogP contribution in [0.2, 0.25) is 0 Å². The third-order valence-electron chi connectivity index (χ3n) is 4.74. The molecule has 1 aliphatic rings. The quantitative estimate of drug-likeness (QED) is 0.777. The van der Waals surface area contributed by atoms with Gasteiger partial charge in [-0.25, -0.2) is 0 Å². The second kappa shape index (κ2) is 8.49. The molecule has 0 bridgehead atoms. The SMILES string of the molecule is CC(CCc1ccccc1)NC(=O)C1CC(=O)N(c2ccccc2Br)C1. The molecule has 2 unspecified atom stereocenters. The molecule has 2 atom stereocenters. The fourth-order valence-corrected chi connectivity index (χ4v) is 3.75. The molecular formula is C21H23BrN2O2. The first-order chi connectivity index (χ1) is 12.5. The van der Waals surface area contributed by atoms with Gasteiger partial charge in [0.25, 0.3) is 0 Å². The highest BCUT2D eigenvalue weighted by Crippen LogP contribution is 2.31. The maximum absolute atomic E-state index is 12.6. The van der Waals surface area contributed by atoms with E-state index in [0.717, 1.165) is 23.0 Å². The monoisotopic (exact) mass is 414 g/mol. The van der Waals surface area contributed by atoms with Gasteiger partial charge in [-0.15, -0.1) is 0 Å². The Hall–Kier alpha value is -2.14. The van der Waals surface area contributed by atoms with Gasteiger partial charge in [0, 0.05) is 23.5 Å². The Morgan fingerprint density at radius 1 is 1.19 bits per heavy atom. The number of para-hydroxylation sites is 1. The van der Waals surface area contributed by atoms with E-state index in [4.69, 9.17) is 0 Å². The van der Waals surface area contributed by atoms with Crippen LogP contribution in [0, 0.1) is 5.92 Å². The summed E-state index contributed by atoms with van der Waals surface area (Å²) >= 11 is 3.48. The van der Waals surface area contributed by atoms with E-state index in [9.17, 15) is 9.59 Å². The largest absolute Gasteiger partial charge is 0.353 e. The summed E-state index contributed by atoms with van der Waals surface area (Å²) in [6.45, 7) is 2.45. The summed E-state index contributed by atoms with van der Waals surface area (Å²) in [5.74, 6) is -0.337. The van der Waals surface area contributed by atoms with Crippen molar-refractivity contribution in [2.45, 2.75) is 32.2 Å².